The molecule has 0 radical (unpaired) electrons. The summed E-state index contributed by atoms with van der Waals surface area (Å²) in [5.41, 5.74) is 1.18. The third-order valence-electron chi connectivity index (χ3n) is 6.81. The minimum absolute atomic E-state index is 0.00387. The first-order valence-electron chi connectivity index (χ1n) is 13.8. The van der Waals surface area contributed by atoms with Gasteiger partial charge < -0.3 is 14.8 Å². The number of rotatable bonds is 8. The minimum atomic E-state index is -1.59. The predicted molar refractivity (Wildman–Crippen MR) is 152 cm³/mol. The van der Waals surface area contributed by atoms with Crippen LogP contribution in [0.5, 0.6) is 5.75 Å². The maximum atomic E-state index is 15.8. The third-order valence-corrected chi connectivity index (χ3v) is 6.81. The summed E-state index contributed by atoms with van der Waals surface area (Å²) in [6.45, 7) is 10.2. The van der Waals surface area contributed by atoms with Crippen molar-refractivity contribution in [1.29, 1.82) is 0 Å². The van der Waals surface area contributed by atoms with Crippen LogP contribution < -0.4 is 10.1 Å². The molecule has 1 aromatic heterocycles. The molecule has 10 heteroatoms. The van der Waals surface area contributed by atoms with E-state index in [-0.39, 0.29) is 37.1 Å². The van der Waals surface area contributed by atoms with Crippen LogP contribution >= 0.6 is 0 Å². The number of halogens is 3. The lowest BCUT2D eigenvalue weighted by atomic mass is 9.82. The van der Waals surface area contributed by atoms with Crippen LogP contribution in [-0.4, -0.2) is 57.8 Å². The molecule has 0 bridgehead atoms. The van der Waals surface area contributed by atoms with Gasteiger partial charge >= 0.3 is 6.09 Å². The molecule has 0 saturated heterocycles. The molecule has 4 rings (SSSR count). The smallest absolute Gasteiger partial charge is 0.407 e. The van der Waals surface area contributed by atoms with Crippen LogP contribution in [0.15, 0.2) is 42.7 Å². The molecule has 3 aromatic rings. The topological polar surface area (TPSA) is 68.6 Å². The SMILES string of the molecule is C[C@@H]1Cc2cc(-c3cnn(C)c3)ccc2[C@@H](c2c(F)cc(OCCNC(=O)OC(C)(C)C)cc2F)N1CC(C)(C)F. The van der Waals surface area contributed by atoms with E-state index < -0.39 is 35.0 Å². The highest BCUT2D eigenvalue weighted by Gasteiger charge is 2.39. The first-order valence-corrected chi connectivity index (χ1v) is 13.8. The van der Waals surface area contributed by atoms with Crippen molar-refractivity contribution in [3.05, 3.63) is 71.1 Å². The molecule has 0 aliphatic carbocycles. The summed E-state index contributed by atoms with van der Waals surface area (Å²) in [4.78, 5) is 13.6. The van der Waals surface area contributed by atoms with Gasteiger partial charge in [0.05, 0.1) is 18.8 Å². The summed E-state index contributed by atoms with van der Waals surface area (Å²) < 4.78 is 58.9. The van der Waals surface area contributed by atoms with Crippen LogP contribution in [0.1, 0.15) is 64.3 Å². The van der Waals surface area contributed by atoms with E-state index in [1.165, 1.54) is 13.8 Å². The fourth-order valence-corrected chi connectivity index (χ4v) is 5.21. The van der Waals surface area contributed by atoms with Crippen molar-refractivity contribution >= 4 is 6.09 Å². The monoisotopic (exact) mass is 572 g/mol. The number of fused-ring (bicyclic) bond motifs is 1. The Labute approximate surface area is 239 Å². The van der Waals surface area contributed by atoms with Crippen LogP contribution in [0.25, 0.3) is 11.1 Å². The summed E-state index contributed by atoms with van der Waals surface area (Å²) >= 11 is 0. The summed E-state index contributed by atoms with van der Waals surface area (Å²) in [5, 5.41) is 6.79. The molecule has 1 N–H and O–H groups in total. The number of amides is 1. The maximum absolute atomic E-state index is 15.8. The highest BCUT2D eigenvalue weighted by Crippen LogP contribution is 2.43. The van der Waals surface area contributed by atoms with Crippen molar-refractivity contribution < 1.29 is 27.4 Å². The summed E-state index contributed by atoms with van der Waals surface area (Å²) in [6.07, 6.45) is 3.67. The minimum Gasteiger partial charge on any atom is -0.492 e. The maximum Gasteiger partial charge on any atom is 0.407 e. The zero-order chi connectivity index (χ0) is 30.1. The van der Waals surface area contributed by atoms with E-state index >= 15 is 8.78 Å². The Kier molecular flexibility index (Phi) is 8.73. The Morgan fingerprint density at radius 2 is 1.78 bits per heavy atom. The molecule has 0 saturated carbocycles. The highest BCUT2D eigenvalue weighted by molar-refractivity contribution is 5.67. The lowest BCUT2D eigenvalue weighted by Gasteiger charge is -2.44. The first kappa shape index (κ1) is 30.4. The van der Waals surface area contributed by atoms with Crippen LogP contribution in [0.3, 0.4) is 0 Å². The van der Waals surface area contributed by atoms with E-state index in [0.29, 0.717) is 6.42 Å². The average molecular weight is 573 g/mol. The van der Waals surface area contributed by atoms with Crippen LogP contribution in [0, 0.1) is 11.6 Å². The number of nitrogens with one attached hydrogen (secondary N) is 1. The molecule has 222 valence electrons. The van der Waals surface area contributed by atoms with Crippen molar-refractivity contribution in [2.45, 2.75) is 71.3 Å². The predicted octanol–water partition coefficient (Wildman–Crippen LogP) is 6.35. The first-order chi connectivity index (χ1) is 19.1. The van der Waals surface area contributed by atoms with Gasteiger partial charge in [0.1, 0.15) is 35.3 Å². The number of aryl methyl sites for hydroxylation is 1. The number of nitrogens with zero attached hydrogens (tertiary/aromatic N) is 3. The molecule has 1 amide bonds. The molecular formula is C31H39F3N4O3. The molecule has 0 fully saturated rings. The number of benzene rings is 2. The van der Waals surface area contributed by atoms with E-state index in [2.05, 4.69) is 10.4 Å². The summed E-state index contributed by atoms with van der Waals surface area (Å²) in [5.74, 6) is -1.59. The number of alkyl carbamates (subject to hydrolysis) is 1. The number of hydrogen-bond donors (Lipinski definition) is 1. The van der Waals surface area contributed by atoms with Gasteiger partial charge in [-0.1, -0.05) is 18.2 Å². The van der Waals surface area contributed by atoms with Crippen molar-refractivity contribution in [1.82, 2.24) is 20.0 Å². The zero-order valence-electron chi connectivity index (χ0n) is 24.7. The average Bonchev–Trinajstić information content (AvgIpc) is 3.27. The Morgan fingerprint density at radius 3 is 2.37 bits per heavy atom. The Morgan fingerprint density at radius 1 is 1.10 bits per heavy atom. The Hall–Kier alpha value is -3.53. The molecule has 0 unspecified atom stereocenters. The lowest BCUT2D eigenvalue weighted by Crippen LogP contribution is -2.48. The van der Waals surface area contributed by atoms with Crippen molar-refractivity contribution in [2.75, 3.05) is 19.7 Å². The highest BCUT2D eigenvalue weighted by atomic mass is 19.1. The number of alkyl halides is 1. The van der Waals surface area contributed by atoms with Gasteiger partial charge in [-0.2, -0.15) is 5.10 Å². The number of hydrogen-bond acceptors (Lipinski definition) is 5. The van der Waals surface area contributed by atoms with Gasteiger partial charge in [0, 0.05) is 49.1 Å². The van der Waals surface area contributed by atoms with Gasteiger partial charge in [0.15, 0.2) is 0 Å². The molecule has 1 aliphatic heterocycles. The quantitative estimate of drug-likeness (QED) is 0.319. The van der Waals surface area contributed by atoms with Gasteiger partial charge in [-0.15, -0.1) is 0 Å². The van der Waals surface area contributed by atoms with Crippen molar-refractivity contribution in [3.8, 4) is 16.9 Å². The van der Waals surface area contributed by atoms with Gasteiger partial charge in [0.2, 0.25) is 0 Å². The molecule has 2 heterocycles. The van der Waals surface area contributed by atoms with E-state index in [1.807, 2.05) is 43.3 Å². The van der Waals surface area contributed by atoms with Crippen molar-refractivity contribution in [3.63, 3.8) is 0 Å². The van der Waals surface area contributed by atoms with Gasteiger partial charge in [-0.05, 0) is 64.7 Å². The standard InChI is InChI=1S/C31H39F3N4O3/c1-19-12-21-13-20(22-16-36-37(7)17-22)8-9-24(21)28(38(19)18-31(5,6)34)27-25(32)14-23(15-26(27)33)40-11-10-35-29(39)41-30(2,3)4/h8-9,13-17,19,28H,10-12,18H2,1-7H3,(H,35,39)/t19-,28+/m1/s1. The van der Waals surface area contributed by atoms with E-state index in [9.17, 15) is 9.18 Å². The van der Waals surface area contributed by atoms with Gasteiger partial charge in [0.25, 0.3) is 0 Å². The Bertz CT molecular complexity index is 1370. The lowest BCUT2D eigenvalue weighted by molar-refractivity contribution is 0.0520. The van der Waals surface area contributed by atoms with Crippen LogP contribution in [-0.2, 0) is 18.2 Å². The van der Waals surface area contributed by atoms with Crippen molar-refractivity contribution in [2.24, 2.45) is 7.05 Å². The zero-order valence-corrected chi connectivity index (χ0v) is 24.7. The van der Waals surface area contributed by atoms with E-state index in [4.69, 9.17) is 9.47 Å². The summed E-state index contributed by atoms with van der Waals surface area (Å²) in [6, 6.07) is 7.05. The normalized spacial score (nSPS) is 17.7. The van der Waals surface area contributed by atoms with E-state index in [0.717, 1.165) is 34.4 Å². The molecular weight excluding hydrogens is 533 g/mol. The molecule has 2 aromatic carbocycles. The number of carbonyl (C=O) groups is 1. The fraction of sp³-hybridized carbons (Fsp3) is 0.484. The molecule has 7 nitrogen and oxygen atoms in total. The molecule has 0 spiro atoms. The molecule has 2 atom stereocenters. The van der Waals surface area contributed by atoms with Crippen LogP contribution in [0.2, 0.25) is 0 Å². The van der Waals surface area contributed by atoms with E-state index in [1.54, 1.807) is 31.6 Å². The van der Waals surface area contributed by atoms with Crippen LogP contribution in [0.4, 0.5) is 18.0 Å². The third kappa shape index (κ3) is 7.61. The second-order valence-electron chi connectivity index (χ2n) is 12.2. The Balaban J connectivity index is 1.62. The largest absolute Gasteiger partial charge is 0.492 e. The summed E-state index contributed by atoms with van der Waals surface area (Å²) in [7, 11) is 1.84. The number of carbonyl (C=O) groups excluding carboxylic acids is 1. The number of aromatic nitrogens is 2. The molecule has 1 aliphatic rings. The van der Waals surface area contributed by atoms with Gasteiger partial charge in [-0.25, -0.2) is 18.0 Å². The molecule has 41 heavy (non-hydrogen) atoms. The second-order valence-corrected chi connectivity index (χ2v) is 12.2. The fourth-order valence-electron chi connectivity index (χ4n) is 5.21. The van der Waals surface area contributed by atoms with Gasteiger partial charge in [-0.3, -0.25) is 9.58 Å². The second kappa shape index (κ2) is 11.8. The number of ether oxygens (including phenoxy) is 2.